The fourth-order valence-corrected chi connectivity index (χ4v) is 4.97. The second-order valence-electron chi connectivity index (χ2n) is 8.39. The fraction of sp³-hybridized carbons (Fsp3) is 0.417. The highest BCUT2D eigenvalue weighted by molar-refractivity contribution is 6.36. The van der Waals surface area contributed by atoms with Gasteiger partial charge in [-0.25, -0.2) is 9.37 Å². The molecule has 9 heteroatoms. The lowest BCUT2D eigenvalue weighted by molar-refractivity contribution is -0.00273. The number of aromatic nitrogens is 3. The van der Waals surface area contributed by atoms with E-state index < -0.39 is 11.9 Å². The van der Waals surface area contributed by atoms with Gasteiger partial charge in [0, 0.05) is 40.5 Å². The summed E-state index contributed by atoms with van der Waals surface area (Å²) in [6, 6.07) is 4.64. The Hall–Kier alpha value is -2.35. The maximum absolute atomic E-state index is 13.9. The molecule has 3 heterocycles. The van der Waals surface area contributed by atoms with Gasteiger partial charge in [-0.1, -0.05) is 37.0 Å². The van der Waals surface area contributed by atoms with Crippen LogP contribution < -0.4 is 10.5 Å². The average molecular weight is 493 g/mol. The second kappa shape index (κ2) is 9.49. The number of hydrogen-bond acceptors (Lipinski definition) is 5. The zero-order valence-electron chi connectivity index (χ0n) is 18.8. The van der Waals surface area contributed by atoms with E-state index in [1.54, 1.807) is 25.4 Å². The summed E-state index contributed by atoms with van der Waals surface area (Å²) in [6.07, 6.45) is 7.69. The van der Waals surface area contributed by atoms with E-state index in [4.69, 9.17) is 38.4 Å². The summed E-state index contributed by atoms with van der Waals surface area (Å²) in [5.74, 6) is -0.00401. The molecule has 1 fully saturated rings. The first-order valence-electron chi connectivity index (χ1n) is 11.0. The summed E-state index contributed by atoms with van der Waals surface area (Å²) in [5.41, 5.74) is 8.01. The standard InChI is InChI=1S/C24H27Cl2FN4O2/c1-4-24(5-2)9-17(13-32-24)31-12-16(11-30-31)15-8-20(23(28)29-10-15)33-14(3)21-18(25)6-7-19(27)22(21)26/h6-8,10-12,14,17H,4-5,9,13H2,1-3H3,(H2,28,29)/t14-,17?/m1/s1. The molecule has 0 bridgehead atoms. The Labute approximate surface area is 202 Å². The first kappa shape index (κ1) is 23.8. The van der Waals surface area contributed by atoms with E-state index in [1.165, 1.54) is 12.1 Å². The SMILES string of the molecule is CCC1(CC)CC(n2cc(-c3cnc(N)c(O[C@H](C)c4c(Cl)ccc(F)c4Cl)c3)cn2)CO1. The molecule has 6 nitrogen and oxygen atoms in total. The molecule has 0 amide bonds. The topological polar surface area (TPSA) is 75.2 Å². The second-order valence-corrected chi connectivity index (χ2v) is 9.18. The van der Waals surface area contributed by atoms with E-state index in [1.807, 2.05) is 10.9 Å². The number of halogens is 3. The van der Waals surface area contributed by atoms with Gasteiger partial charge >= 0.3 is 0 Å². The molecule has 0 aliphatic carbocycles. The van der Waals surface area contributed by atoms with Crippen molar-refractivity contribution in [2.45, 2.75) is 57.8 Å². The minimum Gasteiger partial charge on any atom is -0.482 e. The van der Waals surface area contributed by atoms with E-state index in [9.17, 15) is 4.39 Å². The van der Waals surface area contributed by atoms with E-state index in [-0.39, 0.29) is 22.5 Å². The number of nitrogen functional groups attached to an aromatic ring is 1. The van der Waals surface area contributed by atoms with Crippen molar-refractivity contribution in [1.82, 2.24) is 14.8 Å². The van der Waals surface area contributed by atoms with Crippen molar-refractivity contribution in [3.63, 3.8) is 0 Å². The lowest BCUT2D eigenvalue weighted by atomic mass is 9.92. The molecule has 176 valence electrons. The van der Waals surface area contributed by atoms with Gasteiger partial charge in [0.15, 0.2) is 11.6 Å². The van der Waals surface area contributed by atoms with Crippen LogP contribution in [0.1, 0.15) is 57.7 Å². The number of ether oxygens (including phenoxy) is 2. The smallest absolute Gasteiger partial charge is 0.166 e. The Morgan fingerprint density at radius 3 is 2.73 bits per heavy atom. The van der Waals surface area contributed by atoms with Crippen molar-refractivity contribution in [3.8, 4) is 16.9 Å². The van der Waals surface area contributed by atoms with Gasteiger partial charge in [0.1, 0.15) is 11.9 Å². The van der Waals surface area contributed by atoms with Crippen LogP contribution in [0.5, 0.6) is 5.75 Å². The maximum Gasteiger partial charge on any atom is 0.166 e. The molecule has 0 spiro atoms. The molecule has 1 aromatic carbocycles. The molecule has 0 radical (unpaired) electrons. The van der Waals surface area contributed by atoms with E-state index >= 15 is 0 Å². The van der Waals surface area contributed by atoms with E-state index in [0.717, 1.165) is 30.4 Å². The first-order valence-corrected chi connectivity index (χ1v) is 11.8. The third-order valence-corrected chi connectivity index (χ3v) is 7.17. The fourth-order valence-electron chi connectivity index (χ4n) is 4.29. The molecule has 4 rings (SSSR count). The molecule has 0 saturated carbocycles. The number of nitrogens with zero attached hydrogens (tertiary/aromatic N) is 3. The van der Waals surface area contributed by atoms with Crippen LogP contribution in [0, 0.1) is 5.82 Å². The molecule has 33 heavy (non-hydrogen) atoms. The number of pyridine rings is 1. The molecular weight excluding hydrogens is 466 g/mol. The van der Waals surface area contributed by atoms with E-state index in [2.05, 4.69) is 23.9 Å². The molecule has 1 aliphatic heterocycles. The lowest BCUT2D eigenvalue weighted by Crippen LogP contribution is -2.25. The molecule has 3 aromatic rings. The average Bonchev–Trinajstić information content (AvgIpc) is 3.46. The molecule has 1 saturated heterocycles. The number of anilines is 1. The predicted molar refractivity (Wildman–Crippen MR) is 128 cm³/mol. The van der Waals surface area contributed by atoms with Gasteiger partial charge in [-0.15, -0.1) is 0 Å². The molecular formula is C24H27Cl2FN4O2. The summed E-state index contributed by atoms with van der Waals surface area (Å²) in [4.78, 5) is 4.27. The zero-order chi connectivity index (χ0) is 23.8. The summed E-state index contributed by atoms with van der Waals surface area (Å²) in [6.45, 7) is 6.69. The van der Waals surface area contributed by atoms with Crippen molar-refractivity contribution in [1.29, 1.82) is 0 Å². The summed E-state index contributed by atoms with van der Waals surface area (Å²) < 4.78 is 28.0. The van der Waals surface area contributed by atoms with Crippen molar-refractivity contribution < 1.29 is 13.9 Å². The normalized spacial score (nSPS) is 18.4. The molecule has 2 N–H and O–H groups in total. The van der Waals surface area contributed by atoms with Gasteiger partial charge in [0.2, 0.25) is 0 Å². The Morgan fingerprint density at radius 2 is 2.03 bits per heavy atom. The van der Waals surface area contributed by atoms with Gasteiger partial charge in [-0.2, -0.15) is 5.10 Å². The Kier molecular flexibility index (Phi) is 6.84. The monoisotopic (exact) mass is 492 g/mol. The molecule has 1 unspecified atom stereocenters. The van der Waals surface area contributed by atoms with Crippen molar-refractivity contribution in [3.05, 3.63) is 58.2 Å². The van der Waals surface area contributed by atoms with Gasteiger partial charge < -0.3 is 15.2 Å². The summed E-state index contributed by atoms with van der Waals surface area (Å²) in [7, 11) is 0. The summed E-state index contributed by atoms with van der Waals surface area (Å²) >= 11 is 12.4. The van der Waals surface area contributed by atoms with E-state index in [0.29, 0.717) is 22.9 Å². The molecule has 2 atom stereocenters. The highest BCUT2D eigenvalue weighted by Gasteiger charge is 2.38. The van der Waals surface area contributed by atoms with Crippen LogP contribution in [0.25, 0.3) is 11.1 Å². The highest BCUT2D eigenvalue weighted by Crippen LogP contribution is 2.39. The van der Waals surface area contributed by atoms with Gasteiger partial charge in [-0.3, -0.25) is 4.68 Å². The Balaban J connectivity index is 1.56. The third kappa shape index (κ3) is 4.67. The van der Waals surface area contributed by atoms with Gasteiger partial charge in [0.05, 0.1) is 29.5 Å². The van der Waals surface area contributed by atoms with Crippen LogP contribution in [0.3, 0.4) is 0 Å². The number of benzene rings is 1. The minimum atomic E-state index is -0.644. The van der Waals surface area contributed by atoms with Crippen molar-refractivity contribution in [2.75, 3.05) is 12.3 Å². The number of hydrogen-bond donors (Lipinski definition) is 1. The summed E-state index contributed by atoms with van der Waals surface area (Å²) in [5, 5.41) is 4.80. The van der Waals surface area contributed by atoms with Gasteiger partial charge in [-0.05, 0) is 38.0 Å². The van der Waals surface area contributed by atoms with Gasteiger partial charge in [0.25, 0.3) is 0 Å². The van der Waals surface area contributed by atoms with Crippen molar-refractivity contribution in [2.24, 2.45) is 0 Å². The quantitative estimate of drug-likeness (QED) is 0.374. The van der Waals surface area contributed by atoms with Crippen LogP contribution in [0.15, 0.2) is 36.8 Å². The van der Waals surface area contributed by atoms with Crippen molar-refractivity contribution >= 4 is 29.0 Å². The minimum absolute atomic E-state index is 0.0733. The highest BCUT2D eigenvalue weighted by atomic mass is 35.5. The van der Waals surface area contributed by atoms with Crippen LogP contribution >= 0.6 is 23.2 Å². The maximum atomic E-state index is 13.9. The largest absolute Gasteiger partial charge is 0.482 e. The van der Waals surface area contributed by atoms with Crippen LogP contribution in [-0.2, 0) is 4.74 Å². The predicted octanol–water partition coefficient (Wildman–Crippen LogP) is 6.63. The number of rotatable bonds is 7. The zero-order valence-corrected chi connectivity index (χ0v) is 20.3. The van der Waals surface area contributed by atoms with Crippen LogP contribution in [0.4, 0.5) is 10.2 Å². The Morgan fingerprint density at radius 1 is 1.27 bits per heavy atom. The van der Waals surface area contributed by atoms with Crippen LogP contribution in [0.2, 0.25) is 10.0 Å². The third-order valence-electron chi connectivity index (χ3n) is 6.46. The Bertz CT molecular complexity index is 1150. The molecule has 1 aliphatic rings. The number of nitrogens with two attached hydrogens (primary N) is 1. The van der Waals surface area contributed by atoms with Crippen LogP contribution in [-0.4, -0.2) is 27.0 Å². The molecule has 2 aromatic heterocycles. The lowest BCUT2D eigenvalue weighted by Gasteiger charge is -2.24. The first-order chi connectivity index (χ1) is 15.8.